The number of rotatable bonds is 7. The number of anilines is 1. The van der Waals surface area contributed by atoms with Gasteiger partial charge in [0.1, 0.15) is 0 Å². The summed E-state index contributed by atoms with van der Waals surface area (Å²) in [4.78, 5) is 2.35. The molecule has 0 aliphatic heterocycles. The average molecular weight is 247 g/mol. The maximum atomic E-state index is 9.86. The summed E-state index contributed by atoms with van der Waals surface area (Å²) < 4.78 is 0. The van der Waals surface area contributed by atoms with Crippen molar-refractivity contribution >= 4 is 5.69 Å². The van der Waals surface area contributed by atoms with Crippen molar-refractivity contribution in [2.24, 2.45) is 5.92 Å². The molecule has 1 aliphatic rings. The van der Waals surface area contributed by atoms with Crippen LogP contribution in [-0.2, 0) is 6.42 Å². The van der Waals surface area contributed by atoms with Crippen LogP contribution in [0.2, 0.25) is 0 Å². The quantitative estimate of drug-likeness (QED) is 0.799. The van der Waals surface area contributed by atoms with Gasteiger partial charge in [0.2, 0.25) is 0 Å². The lowest BCUT2D eigenvalue weighted by Crippen LogP contribution is -2.21. The predicted octanol–water partition coefficient (Wildman–Crippen LogP) is 3.24. The van der Waals surface area contributed by atoms with E-state index < -0.39 is 0 Å². The minimum Gasteiger partial charge on any atom is -0.393 e. The molecule has 2 rings (SSSR count). The van der Waals surface area contributed by atoms with E-state index in [4.69, 9.17) is 0 Å². The van der Waals surface area contributed by atoms with Gasteiger partial charge in [0.05, 0.1) is 6.10 Å². The maximum absolute atomic E-state index is 9.86. The number of hydrogen-bond donors (Lipinski definition) is 1. The van der Waals surface area contributed by atoms with E-state index in [1.165, 1.54) is 24.1 Å². The molecule has 100 valence electrons. The second kappa shape index (κ2) is 6.24. The first-order valence-electron chi connectivity index (χ1n) is 7.26. The van der Waals surface area contributed by atoms with Crippen LogP contribution in [0.15, 0.2) is 24.3 Å². The Bertz CT molecular complexity index is 352. The van der Waals surface area contributed by atoms with E-state index in [9.17, 15) is 5.11 Å². The molecular weight excluding hydrogens is 222 g/mol. The van der Waals surface area contributed by atoms with E-state index in [0.29, 0.717) is 5.92 Å². The van der Waals surface area contributed by atoms with Gasteiger partial charge in [-0.2, -0.15) is 0 Å². The first-order chi connectivity index (χ1) is 8.74. The molecule has 1 atom stereocenters. The Morgan fingerprint density at radius 1 is 1.17 bits per heavy atom. The van der Waals surface area contributed by atoms with Gasteiger partial charge in [-0.1, -0.05) is 12.1 Å². The molecule has 0 aromatic heterocycles. The Kier molecular flexibility index (Phi) is 4.65. The van der Waals surface area contributed by atoms with E-state index in [0.717, 1.165) is 25.9 Å². The van der Waals surface area contributed by atoms with Crippen LogP contribution in [0.4, 0.5) is 5.69 Å². The van der Waals surface area contributed by atoms with Crippen molar-refractivity contribution in [1.29, 1.82) is 0 Å². The third-order valence-corrected chi connectivity index (χ3v) is 3.96. The molecule has 0 saturated heterocycles. The summed E-state index contributed by atoms with van der Waals surface area (Å²) in [5, 5.41) is 9.86. The molecule has 1 saturated carbocycles. The fourth-order valence-corrected chi connectivity index (χ4v) is 2.49. The standard InChI is InChI=1S/C16H25NO/c1-3-17(4-2)15-10-5-13(6-11-15)7-12-16(18)14-8-9-14/h5-6,10-11,14,16,18H,3-4,7-9,12H2,1-2H3. The number of hydrogen-bond acceptors (Lipinski definition) is 2. The molecule has 2 nitrogen and oxygen atoms in total. The van der Waals surface area contributed by atoms with E-state index in [1.807, 2.05) is 0 Å². The van der Waals surface area contributed by atoms with Gasteiger partial charge in [0.15, 0.2) is 0 Å². The average Bonchev–Trinajstić information content (AvgIpc) is 3.23. The molecular formula is C16H25NO. The highest BCUT2D eigenvalue weighted by Gasteiger charge is 2.28. The first-order valence-corrected chi connectivity index (χ1v) is 7.26. The fourth-order valence-electron chi connectivity index (χ4n) is 2.49. The molecule has 0 radical (unpaired) electrons. The number of aliphatic hydroxyl groups is 1. The molecule has 1 aromatic rings. The van der Waals surface area contributed by atoms with E-state index in [1.54, 1.807) is 0 Å². The van der Waals surface area contributed by atoms with Gasteiger partial charge in [-0.25, -0.2) is 0 Å². The summed E-state index contributed by atoms with van der Waals surface area (Å²) in [6, 6.07) is 8.80. The predicted molar refractivity (Wildman–Crippen MR) is 77.1 cm³/mol. The maximum Gasteiger partial charge on any atom is 0.0571 e. The Morgan fingerprint density at radius 2 is 1.78 bits per heavy atom. The highest BCUT2D eigenvalue weighted by atomic mass is 16.3. The monoisotopic (exact) mass is 247 g/mol. The highest BCUT2D eigenvalue weighted by molar-refractivity contribution is 5.47. The molecule has 2 heteroatoms. The van der Waals surface area contributed by atoms with E-state index in [2.05, 4.69) is 43.0 Å². The number of aliphatic hydroxyl groups excluding tert-OH is 1. The van der Waals surface area contributed by atoms with Crippen molar-refractivity contribution in [3.63, 3.8) is 0 Å². The molecule has 1 fully saturated rings. The number of nitrogens with zero attached hydrogens (tertiary/aromatic N) is 1. The summed E-state index contributed by atoms with van der Waals surface area (Å²) in [6.45, 7) is 6.47. The van der Waals surface area contributed by atoms with Gasteiger partial charge < -0.3 is 10.0 Å². The number of benzene rings is 1. The van der Waals surface area contributed by atoms with Crippen molar-refractivity contribution < 1.29 is 5.11 Å². The minimum absolute atomic E-state index is 0.0764. The zero-order valence-electron chi connectivity index (χ0n) is 11.6. The lowest BCUT2D eigenvalue weighted by atomic mass is 10.0. The normalized spacial score (nSPS) is 16.6. The Morgan fingerprint density at radius 3 is 2.28 bits per heavy atom. The Labute approximate surface area is 111 Å². The molecule has 1 N–H and O–H groups in total. The lowest BCUT2D eigenvalue weighted by Gasteiger charge is -2.21. The van der Waals surface area contributed by atoms with Crippen LogP contribution in [0.5, 0.6) is 0 Å². The van der Waals surface area contributed by atoms with Crippen LogP contribution in [-0.4, -0.2) is 24.3 Å². The van der Waals surface area contributed by atoms with Crippen LogP contribution >= 0.6 is 0 Å². The van der Waals surface area contributed by atoms with E-state index in [-0.39, 0.29) is 6.10 Å². The van der Waals surface area contributed by atoms with Gasteiger partial charge in [-0.3, -0.25) is 0 Å². The van der Waals surface area contributed by atoms with Gasteiger partial charge in [-0.15, -0.1) is 0 Å². The molecule has 0 heterocycles. The van der Waals surface area contributed by atoms with Crippen molar-refractivity contribution in [2.75, 3.05) is 18.0 Å². The largest absolute Gasteiger partial charge is 0.393 e. The van der Waals surface area contributed by atoms with Crippen LogP contribution in [0.25, 0.3) is 0 Å². The van der Waals surface area contributed by atoms with Crippen molar-refractivity contribution in [3.8, 4) is 0 Å². The molecule has 18 heavy (non-hydrogen) atoms. The third kappa shape index (κ3) is 3.49. The summed E-state index contributed by atoms with van der Waals surface area (Å²) in [7, 11) is 0. The SMILES string of the molecule is CCN(CC)c1ccc(CCC(O)C2CC2)cc1. The molecule has 1 unspecified atom stereocenters. The molecule has 1 aromatic carbocycles. The molecule has 0 bridgehead atoms. The van der Waals surface area contributed by atoms with Gasteiger partial charge in [0.25, 0.3) is 0 Å². The minimum atomic E-state index is -0.0764. The van der Waals surface area contributed by atoms with E-state index >= 15 is 0 Å². The topological polar surface area (TPSA) is 23.5 Å². The summed E-state index contributed by atoms with van der Waals surface area (Å²) in [5.74, 6) is 0.597. The zero-order chi connectivity index (χ0) is 13.0. The summed E-state index contributed by atoms with van der Waals surface area (Å²) in [5.41, 5.74) is 2.64. The van der Waals surface area contributed by atoms with Crippen LogP contribution in [0.1, 0.15) is 38.7 Å². The van der Waals surface area contributed by atoms with Gasteiger partial charge in [-0.05, 0) is 63.1 Å². The summed E-state index contributed by atoms with van der Waals surface area (Å²) in [6.07, 6.45) is 4.28. The molecule has 0 amide bonds. The lowest BCUT2D eigenvalue weighted by molar-refractivity contribution is 0.142. The van der Waals surface area contributed by atoms with Crippen molar-refractivity contribution in [3.05, 3.63) is 29.8 Å². The van der Waals surface area contributed by atoms with Crippen LogP contribution in [0.3, 0.4) is 0 Å². The Balaban J connectivity index is 1.86. The molecule has 1 aliphatic carbocycles. The molecule has 0 spiro atoms. The smallest absolute Gasteiger partial charge is 0.0571 e. The fraction of sp³-hybridized carbons (Fsp3) is 0.625. The van der Waals surface area contributed by atoms with Crippen LogP contribution < -0.4 is 4.90 Å². The Hall–Kier alpha value is -1.02. The highest BCUT2D eigenvalue weighted by Crippen LogP contribution is 2.34. The number of aryl methyl sites for hydroxylation is 1. The van der Waals surface area contributed by atoms with Crippen LogP contribution in [0, 0.1) is 5.92 Å². The van der Waals surface area contributed by atoms with Gasteiger partial charge in [0, 0.05) is 18.8 Å². The second-order valence-corrected chi connectivity index (χ2v) is 5.28. The third-order valence-electron chi connectivity index (χ3n) is 3.96. The van der Waals surface area contributed by atoms with Crippen molar-refractivity contribution in [1.82, 2.24) is 0 Å². The van der Waals surface area contributed by atoms with Gasteiger partial charge >= 0.3 is 0 Å². The van der Waals surface area contributed by atoms with Crippen molar-refractivity contribution in [2.45, 2.75) is 45.6 Å². The first kappa shape index (κ1) is 13.4. The second-order valence-electron chi connectivity index (χ2n) is 5.28. The summed E-state index contributed by atoms with van der Waals surface area (Å²) >= 11 is 0. The zero-order valence-corrected chi connectivity index (χ0v) is 11.6.